The number of nitriles is 1. The summed E-state index contributed by atoms with van der Waals surface area (Å²) >= 11 is 0. The minimum atomic E-state index is -0.653. The highest BCUT2D eigenvalue weighted by molar-refractivity contribution is 6.23. The van der Waals surface area contributed by atoms with Gasteiger partial charge in [-0.15, -0.1) is 0 Å². The van der Waals surface area contributed by atoms with Gasteiger partial charge in [-0.2, -0.15) is 5.26 Å². The summed E-state index contributed by atoms with van der Waals surface area (Å²) in [4.78, 5) is 30.0. The second-order valence-corrected chi connectivity index (χ2v) is 7.74. The van der Waals surface area contributed by atoms with Crippen LogP contribution in [0.2, 0.25) is 0 Å². The molecule has 0 spiro atoms. The van der Waals surface area contributed by atoms with Crippen LogP contribution in [-0.4, -0.2) is 22.8 Å². The SMILES string of the molecule is Cc1ccc(N2C(=O)[C@@H]3[C@@H](C2=O)[C@H]2c4ccccc4C=CN2[C@@H]3C#N)cc1C. The minimum absolute atomic E-state index is 0.212. The van der Waals surface area contributed by atoms with Gasteiger partial charge >= 0.3 is 0 Å². The van der Waals surface area contributed by atoms with E-state index in [2.05, 4.69) is 6.07 Å². The van der Waals surface area contributed by atoms with Crippen LogP contribution < -0.4 is 4.90 Å². The first kappa shape index (κ1) is 16.8. The van der Waals surface area contributed by atoms with Crippen LogP contribution in [0.1, 0.15) is 28.3 Å². The van der Waals surface area contributed by atoms with Crippen LogP contribution in [0, 0.1) is 37.0 Å². The number of imide groups is 1. The molecule has 0 aliphatic carbocycles. The zero-order valence-corrected chi connectivity index (χ0v) is 15.7. The van der Waals surface area contributed by atoms with E-state index in [1.54, 1.807) is 0 Å². The van der Waals surface area contributed by atoms with E-state index in [1.807, 2.05) is 73.5 Å². The fourth-order valence-corrected chi connectivity index (χ4v) is 4.82. The fraction of sp³-hybridized carbons (Fsp3) is 0.261. The van der Waals surface area contributed by atoms with Gasteiger partial charge in [0.1, 0.15) is 6.04 Å². The molecule has 138 valence electrons. The van der Waals surface area contributed by atoms with Crippen LogP contribution >= 0.6 is 0 Å². The highest BCUT2D eigenvalue weighted by Crippen LogP contribution is 2.52. The fourth-order valence-electron chi connectivity index (χ4n) is 4.82. The molecule has 3 heterocycles. The van der Waals surface area contributed by atoms with Crippen molar-refractivity contribution < 1.29 is 9.59 Å². The van der Waals surface area contributed by atoms with Gasteiger partial charge in [-0.3, -0.25) is 9.59 Å². The highest BCUT2D eigenvalue weighted by Gasteiger charge is 2.63. The van der Waals surface area contributed by atoms with Crippen molar-refractivity contribution in [3.63, 3.8) is 0 Å². The molecule has 28 heavy (non-hydrogen) atoms. The number of benzene rings is 2. The van der Waals surface area contributed by atoms with E-state index >= 15 is 0 Å². The largest absolute Gasteiger partial charge is 0.353 e. The minimum Gasteiger partial charge on any atom is -0.353 e. The third-order valence-electron chi connectivity index (χ3n) is 6.34. The number of carbonyl (C=O) groups excluding carboxylic acids is 2. The van der Waals surface area contributed by atoms with Crippen LogP contribution in [-0.2, 0) is 9.59 Å². The molecule has 0 unspecified atom stereocenters. The topological polar surface area (TPSA) is 64.4 Å². The molecule has 3 aliphatic rings. The number of hydrogen-bond donors (Lipinski definition) is 0. The molecule has 5 rings (SSSR count). The highest BCUT2D eigenvalue weighted by atomic mass is 16.2. The summed E-state index contributed by atoms with van der Waals surface area (Å²) in [5.41, 5.74) is 4.76. The number of hydrogen-bond acceptors (Lipinski definition) is 4. The first-order chi connectivity index (χ1) is 13.5. The quantitative estimate of drug-likeness (QED) is 0.723. The van der Waals surface area contributed by atoms with E-state index in [4.69, 9.17) is 0 Å². The molecule has 2 amide bonds. The third-order valence-corrected chi connectivity index (χ3v) is 6.34. The average molecular weight is 369 g/mol. The molecular formula is C23H19N3O2. The Morgan fingerprint density at radius 3 is 2.46 bits per heavy atom. The summed E-state index contributed by atoms with van der Waals surface area (Å²) in [5, 5.41) is 9.83. The van der Waals surface area contributed by atoms with Gasteiger partial charge < -0.3 is 4.90 Å². The molecule has 2 aromatic carbocycles. The maximum atomic E-state index is 13.5. The maximum absolute atomic E-state index is 13.5. The summed E-state index contributed by atoms with van der Waals surface area (Å²) < 4.78 is 0. The number of fused-ring (bicyclic) bond motifs is 5. The lowest BCUT2D eigenvalue weighted by atomic mass is 9.85. The van der Waals surface area contributed by atoms with E-state index < -0.39 is 17.9 Å². The molecule has 4 atom stereocenters. The number of nitrogens with zero attached hydrogens (tertiary/aromatic N) is 3. The molecule has 2 saturated heterocycles. The Morgan fingerprint density at radius 2 is 1.71 bits per heavy atom. The van der Waals surface area contributed by atoms with Crippen LogP contribution in [0.3, 0.4) is 0 Å². The summed E-state index contributed by atoms with van der Waals surface area (Å²) in [6.45, 7) is 3.96. The van der Waals surface area contributed by atoms with Gasteiger partial charge in [-0.1, -0.05) is 30.3 Å². The van der Waals surface area contributed by atoms with Gasteiger partial charge in [-0.05, 0) is 54.3 Å². The van der Waals surface area contributed by atoms with E-state index in [0.717, 1.165) is 22.3 Å². The molecule has 5 nitrogen and oxygen atoms in total. The number of rotatable bonds is 1. The molecule has 5 heteroatoms. The predicted octanol–water partition coefficient (Wildman–Crippen LogP) is 3.34. The molecule has 0 N–H and O–H groups in total. The van der Waals surface area contributed by atoms with Gasteiger partial charge in [-0.25, -0.2) is 4.90 Å². The third kappa shape index (κ3) is 2.06. The van der Waals surface area contributed by atoms with E-state index in [1.165, 1.54) is 4.90 Å². The Balaban J connectivity index is 1.63. The first-order valence-corrected chi connectivity index (χ1v) is 9.42. The van der Waals surface area contributed by atoms with E-state index in [0.29, 0.717) is 5.69 Å². The van der Waals surface area contributed by atoms with Gasteiger partial charge in [0.15, 0.2) is 0 Å². The van der Waals surface area contributed by atoms with Crippen molar-refractivity contribution in [2.45, 2.75) is 25.9 Å². The van der Waals surface area contributed by atoms with Crippen molar-refractivity contribution >= 4 is 23.6 Å². The normalized spacial score (nSPS) is 27.5. The van der Waals surface area contributed by atoms with Crippen LogP contribution in [0.5, 0.6) is 0 Å². The summed E-state index contributed by atoms with van der Waals surface area (Å²) in [7, 11) is 0. The summed E-state index contributed by atoms with van der Waals surface area (Å²) in [6.07, 6.45) is 3.81. The molecule has 2 fully saturated rings. The zero-order chi connectivity index (χ0) is 19.6. The first-order valence-electron chi connectivity index (χ1n) is 9.42. The second kappa shape index (κ2) is 5.80. The average Bonchev–Trinajstić information content (AvgIpc) is 3.17. The van der Waals surface area contributed by atoms with Crippen molar-refractivity contribution in [2.24, 2.45) is 11.8 Å². The Hall–Kier alpha value is -3.39. The van der Waals surface area contributed by atoms with Gasteiger partial charge in [0.25, 0.3) is 0 Å². The van der Waals surface area contributed by atoms with Gasteiger partial charge in [0.2, 0.25) is 11.8 Å². The van der Waals surface area contributed by atoms with Gasteiger partial charge in [0.05, 0.1) is 29.6 Å². The van der Waals surface area contributed by atoms with Crippen LogP contribution in [0.15, 0.2) is 48.7 Å². The molecule has 2 aromatic rings. The molecule has 0 radical (unpaired) electrons. The number of anilines is 1. The zero-order valence-electron chi connectivity index (χ0n) is 15.7. The van der Waals surface area contributed by atoms with Crippen LogP contribution in [0.25, 0.3) is 6.08 Å². The lowest BCUT2D eigenvalue weighted by Crippen LogP contribution is -2.40. The van der Waals surface area contributed by atoms with Crippen molar-refractivity contribution in [3.8, 4) is 6.07 Å². The molecule has 3 aliphatic heterocycles. The Kier molecular flexibility index (Phi) is 3.47. The second-order valence-electron chi connectivity index (χ2n) is 7.74. The number of amides is 2. The number of carbonyl (C=O) groups is 2. The van der Waals surface area contributed by atoms with E-state index in [9.17, 15) is 14.9 Å². The van der Waals surface area contributed by atoms with Crippen molar-refractivity contribution in [3.05, 3.63) is 70.9 Å². The monoisotopic (exact) mass is 369 g/mol. The predicted molar refractivity (Wildman–Crippen MR) is 105 cm³/mol. The van der Waals surface area contributed by atoms with Crippen LogP contribution in [0.4, 0.5) is 5.69 Å². The Labute approximate surface area is 163 Å². The lowest BCUT2D eigenvalue weighted by molar-refractivity contribution is -0.123. The smallest absolute Gasteiger partial charge is 0.240 e. The molecule has 0 saturated carbocycles. The summed E-state index contributed by atoms with van der Waals surface area (Å²) in [6, 6.07) is 14.8. The maximum Gasteiger partial charge on any atom is 0.240 e. The Bertz CT molecular complexity index is 1100. The lowest BCUT2D eigenvalue weighted by Gasteiger charge is -2.33. The van der Waals surface area contributed by atoms with Gasteiger partial charge in [0, 0.05) is 6.20 Å². The summed E-state index contributed by atoms with van der Waals surface area (Å²) in [5.74, 6) is -1.69. The number of aryl methyl sites for hydroxylation is 2. The molecule has 0 bridgehead atoms. The molecule has 0 aromatic heterocycles. The van der Waals surface area contributed by atoms with Crippen molar-refractivity contribution in [1.29, 1.82) is 5.26 Å². The standard InChI is InChI=1S/C23H19N3O2/c1-13-7-8-16(11-14(13)2)26-22(27)19-18(12-24)25-10-9-15-5-3-4-6-17(15)21(25)20(19)23(26)28/h3-11,18-21H,1-2H3/t18-,19+,20-,21-/m1/s1. The van der Waals surface area contributed by atoms with Crippen molar-refractivity contribution in [2.75, 3.05) is 4.90 Å². The molecular weight excluding hydrogens is 350 g/mol. The Morgan fingerprint density at radius 1 is 0.964 bits per heavy atom. The van der Waals surface area contributed by atoms with E-state index in [-0.39, 0.29) is 17.9 Å². The van der Waals surface area contributed by atoms with Crippen molar-refractivity contribution in [1.82, 2.24) is 4.90 Å².